The van der Waals surface area contributed by atoms with Gasteiger partial charge in [-0.2, -0.15) is 0 Å². The summed E-state index contributed by atoms with van der Waals surface area (Å²) in [5.74, 6) is -0.373. The van der Waals surface area contributed by atoms with Crippen molar-refractivity contribution in [1.29, 1.82) is 0 Å². The Balaban J connectivity index is 2.74. The van der Waals surface area contributed by atoms with Gasteiger partial charge in [-0.3, -0.25) is 4.99 Å². The summed E-state index contributed by atoms with van der Waals surface area (Å²) in [6.45, 7) is 1.94. The number of nitrogens with zero attached hydrogens (tertiary/aromatic N) is 1. The van der Waals surface area contributed by atoms with E-state index in [1.807, 2.05) is 37.3 Å². The van der Waals surface area contributed by atoms with Gasteiger partial charge in [0.25, 0.3) is 0 Å². The zero-order valence-electron chi connectivity index (χ0n) is 9.51. The summed E-state index contributed by atoms with van der Waals surface area (Å²) in [7, 11) is 1.35. The van der Waals surface area contributed by atoms with Crippen molar-refractivity contribution in [3.63, 3.8) is 0 Å². The molecule has 0 bridgehead atoms. The molecule has 0 atom stereocenters. The second-order valence-electron chi connectivity index (χ2n) is 3.18. The van der Waals surface area contributed by atoms with Crippen molar-refractivity contribution in [1.82, 2.24) is 0 Å². The van der Waals surface area contributed by atoms with E-state index in [1.54, 1.807) is 6.21 Å². The fraction of sp³-hybridized carbons (Fsp3) is 0.231. The van der Waals surface area contributed by atoms with Gasteiger partial charge >= 0.3 is 5.97 Å². The SMILES string of the molecule is CCC(=CC(=O)OC)N=Cc1ccccc1. The van der Waals surface area contributed by atoms with E-state index in [0.717, 1.165) is 5.56 Å². The molecule has 0 spiro atoms. The van der Waals surface area contributed by atoms with E-state index in [2.05, 4.69) is 9.73 Å². The molecule has 1 aromatic carbocycles. The number of benzene rings is 1. The lowest BCUT2D eigenvalue weighted by molar-refractivity contribution is -0.134. The van der Waals surface area contributed by atoms with E-state index in [0.29, 0.717) is 12.1 Å². The lowest BCUT2D eigenvalue weighted by Gasteiger charge is -1.97. The Bertz CT molecular complexity index is 394. The van der Waals surface area contributed by atoms with Crippen molar-refractivity contribution in [2.75, 3.05) is 7.11 Å². The number of rotatable bonds is 4. The Labute approximate surface area is 95.5 Å². The molecule has 0 saturated heterocycles. The number of carbonyl (C=O) groups is 1. The maximum Gasteiger partial charge on any atom is 0.332 e. The maximum absolute atomic E-state index is 11.0. The third-order valence-electron chi connectivity index (χ3n) is 2.03. The van der Waals surface area contributed by atoms with Crippen LogP contribution in [0.1, 0.15) is 18.9 Å². The van der Waals surface area contributed by atoms with E-state index < -0.39 is 0 Å². The third kappa shape index (κ3) is 4.09. The molecule has 0 fully saturated rings. The molecular weight excluding hydrogens is 202 g/mol. The first-order valence-corrected chi connectivity index (χ1v) is 5.14. The molecular formula is C13H15NO2. The van der Waals surface area contributed by atoms with Gasteiger partial charge in [0.2, 0.25) is 0 Å². The van der Waals surface area contributed by atoms with Crippen molar-refractivity contribution in [3.05, 3.63) is 47.7 Å². The largest absolute Gasteiger partial charge is 0.466 e. The standard InChI is InChI=1S/C13H15NO2/c1-3-12(9-13(15)16-2)14-10-11-7-5-4-6-8-11/h4-10H,3H2,1-2H3. The van der Waals surface area contributed by atoms with Crippen LogP contribution < -0.4 is 0 Å². The Morgan fingerprint density at radius 3 is 2.62 bits per heavy atom. The second-order valence-corrected chi connectivity index (χ2v) is 3.18. The highest BCUT2D eigenvalue weighted by atomic mass is 16.5. The molecule has 0 heterocycles. The molecule has 1 aromatic rings. The van der Waals surface area contributed by atoms with Crippen molar-refractivity contribution >= 4 is 12.2 Å². The normalized spacial score (nSPS) is 11.8. The molecule has 16 heavy (non-hydrogen) atoms. The van der Waals surface area contributed by atoms with Gasteiger partial charge in [0.05, 0.1) is 7.11 Å². The number of carbonyl (C=O) groups excluding carboxylic acids is 1. The van der Waals surface area contributed by atoms with Crippen molar-refractivity contribution in [2.45, 2.75) is 13.3 Å². The smallest absolute Gasteiger partial charge is 0.332 e. The highest BCUT2D eigenvalue weighted by Gasteiger charge is 1.97. The minimum Gasteiger partial charge on any atom is -0.466 e. The lowest BCUT2D eigenvalue weighted by atomic mass is 10.2. The van der Waals surface area contributed by atoms with Gasteiger partial charge in [-0.25, -0.2) is 4.79 Å². The topological polar surface area (TPSA) is 38.7 Å². The number of hydrogen-bond donors (Lipinski definition) is 0. The molecule has 0 N–H and O–H groups in total. The number of hydrogen-bond acceptors (Lipinski definition) is 3. The summed E-state index contributed by atoms with van der Waals surface area (Å²) in [6.07, 6.45) is 3.83. The minimum absolute atomic E-state index is 0.373. The van der Waals surface area contributed by atoms with Gasteiger partial charge in [-0.05, 0) is 12.0 Å². The average molecular weight is 217 g/mol. The summed E-state index contributed by atoms with van der Waals surface area (Å²) in [4.78, 5) is 15.3. The van der Waals surface area contributed by atoms with Crippen LogP contribution in [0.3, 0.4) is 0 Å². The highest BCUT2D eigenvalue weighted by Crippen LogP contribution is 2.04. The van der Waals surface area contributed by atoms with E-state index in [1.165, 1.54) is 13.2 Å². The summed E-state index contributed by atoms with van der Waals surface area (Å²) >= 11 is 0. The Morgan fingerprint density at radius 2 is 2.06 bits per heavy atom. The lowest BCUT2D eigenvalue weighted by Crippen LogP contribution is -1.96. The second kappa shape index (κ2) is 6.56. The first-order valence-electron chi connectivity index (χ1n) is 5.14. The van der Waals surface area contributed by atoms with Crippen molar-refractivity contribution in [2.24, 2.45) is 4.99 Å². The average Bonchev–Trinajstić information content (AvgIpc) is 2.35. The Morgan fingerprint density at radius 1 is 1.38 bits per heavy atom. The van der Waals surface area contributed by atoms with Crippen LogP contribution in [0.15, 0.2) is 47.1 Å². The Hall–Kier alpha value is -1.90. The van der Waals surface area contributed by atoms with E-state index >= 15 is 0 Å². The monoisotopic (exact) mass is 217 g/mol. The van der Waals surface area contributed by atoms with Crippen LogP contribution in [0, 0.1) is 0 Å². The molecule has 0 aliphatic rings. The molecule has 1 rings (SSSR count). The summed E-state index contributed by atoms with van der Waals surface area (Å²) in [6, 6.07) is 9.74. The van der Waals surface area contributed by atoms with Crippen LogP contribution in [0.25, 0.3) is 0 Å². The number of methoxy groups -OCH3 is 1. The molecule has 0 aromatic heterocycles. The summed E-state index contributed by atoms with van der Waals surface area (Å²) in [5.41, 5.74) is 1.71. The number of aliphatic imine (C=N–C) groups is 1. The van der Waals surface area contributed by atoms with Crippen LogP contribution >= 0.6 is 0 Å². The summed E-state index contributed by atoms with van der Waals surface area (Å²) in [5, 5.41) is 0. The van der Waals surface area contributed by atoms with Crippen molar-refractivity contribution in [3.8, 4) is 0 Å². The van der Waals surface area contributed by atoms with Crippen molar-refractivity contribution < 1.29 is 9.53 Å². The van der Waals surface area contributed by atoms with E-state index in [4.69, 9.17) is 0 Å². The van der Waals surface area contributed by atoms with E-state index in [9.17, 15) is 4.79 Å². The molecule has 0 aliphatic carbocycles. The predicted octanol–water partition coefficient (Wildman–Crippen LogP) is 2.57. The molecule has 0 saturated carbocycles. The first-order chi connectivity index (χ1) is 7.76. The molecule has 0 aliphatic heterocycles. The zero-order valence-corrected chi connectivity index (χ0v) is 9.51. The highest BCUT2D eigenvalue weighted by molar-refractivity contribution is 5.84. The third-order valence-corrected chi connectivity index (χ3v) is 2.03. The Kier molecular flexibility index (Phi) is 4.99. The summed E-state index contributed by atoms with van der Waals surface area (Å²) < 4.78 is 4.55. The zero-order chi connectivity index (χ0) is 11.8. The molecule has 84 valence electrons. The van der Waals surface area contributed by atoms with E-state index in [-0.39, 0.29) is 5.97 Å². The van der Waals surface area contributed by atoms with Crippen LogP contribution in [0.4, 0.5) is 0 Å². The fourth-order valence-electron chi connectivity index (χ4n) is 1.12. The number of allylic oxidation sites excluding steroid dienone is 1. The molecule has 0 amide bonds. The van der Waals surface area contributed by atoms with Gasteiger partial charge in [-0.15, -0.1) is 0 Å². The fourth-order valence-corrected chi connectivity index (χ4v) is 1.12. The van der Waals surface area contributed by atoms with Gasteiger partial charge in [0.1, 0.15) is 0 Å². The molecule has 3 nitrogen and oxygen atoms in total. The van der Waals surface area contributed by atoms with Gasteiger partial charge < -0.3 is 4.74 Å². The first kappa shape index (κ1) is 12.2. The molecule has 0 radical (unpaired) electrons. The quantitative estimate of drug-likeness (QED) is 0.441. The predicted molar refractivity (Wildman–Crippen MR) is 64.4 cm³/mol. The van der Waals surface area contributed by atoms with Gasteiger partial charge in [-0.1, -0.05) is 37.3 Å². The maximum atomic E-state index is 11.0. The van der Waals surface area contributed by atoms with Gasteiger partial charge in [0, 0.05) is 18.0 Å². The van der Waals surface area contributed by atoms with Crippen LogP contribution in [0.2, 0.25) is 0 Å². The number of esters is 1. The molecule has 3 heteroatoms. The van der Waals surface area contributed by atoms with Crippen LogP contribution in [0.5, 0.6) is 0 Å². The van der Waals surface area contributed by atoms with Gasteiger partial charge in [0.15, 0.2) is 0 Å². The molecule has 0 unspecified atom stereocenters. The van der Waals surface area contributed by atoms with Crippen LogP contribution in [-0.2, 0) is 9.53 Å². The minimum atomic E-state index is -0.373. The number of ether oxygens (including phenoxy) is 1. The van der Waals surface area contributed by atoms with Crippen LogP contribution in [-0.4, -0.2) is 19.3 Å².